The minimum absolute atomic E-state index is 0.231. The van der Waals surface area contributed by atoms with E-state index in [0.29, 0.717) is 19.8 Å². The molecule has 0 rings (SSSR count). The van der Waals surface area contributed by atoms with Gasteiger partial charge in [0.25, 0.3) is 0 Å². The number of ether oxygens (including phenoxy) is 2. The third kappa shape index (κ3) is 5.68. The third-order valence-electron chi connectivity index (χ3n) is 1.34. The van der Waals surface area contributed by atoms with Gasteiger partial charge in [-0.1, -0.05) is 0 Å². The van der Waals surface area contributed by atoms with Crippen LogP contribution in [0, 0.1) is 5.41 Å². The van der Waals surface area contributed by atoms with Crippen molar-refractivity contribution >= 4 is 17.7 Å². The summed E-state index contributed by atoms with van der Waals surface area (Å²) in [5.41, 5.74) is 5.13. The van der Waals surface area contributed by atoms with E-state index in [2.05, 4.69) is 0 Å². The number of hydrogen-bond acceptors (Lipinski definition) is 3. The molecule has 0 aromatic carbocycles. The van der Waals surface area contributed by atoms with Crippen molar-refractivity contribution in [1.29, 1.82) is 5.41 Å². The zero-order chi connectivity index (χ0) is 10.3. The van der Waals surface area contributed by atoms with Crippen LogP contribution in [0.15, 0.2) is 0 Å². The average molecular weight is 210 g/mol. The molecule has 0 radical (unpaired) electrons. The van der Waals surface area contributed by atoms with E-state index in [0.717, 1.165) is 4.42 Å². The standard InChI is InChI=1S/C7H16ClN3O2/c1-3-12-4-5-13-6(2)11(8)7(9)10/h6H,3-5H2,1-2H3,(H3,9,10). The second kappa shape index (κ2) is 6.94. The fourth-order valence-electron chi connectivity index (χ4n) is 0.683. The number of guanidine groups is 1. The molecule has 3 N–H and O–H groups in total. The Bertz CT molecular complexity index is 157. The summed E-state index contributed by atoms with van der Waals surface area (Å²) in [4.78, 5) is 0. The highest BCUT2D eigenvalue weighted by molar-refractivity contribution is 6.21. The van der Waals surface area contributed by atoms with Gasteiger partial charge in [-0.3, -0.25) is 5.41 Å². The summed E-state index contributed by atoms with van der Waals surface area (Å²) in [6, 6.07) is 0. The largest absolute Gasteiger partial charge is 0.379 e. The zero-order valence-corrected chi connectivity index (χ0v) is 8.67. The number of nitrogens with zero attached hydrogens (tertiary/aromatic N) is 1. The number of halogens is 1. The van der Waals surface area contributed by atoms with Crippen LogP contribution in [-0.2, 0) is 9.47 Å². The Hall–Kier alpha value is -0.520. The van der Waals surface area contributed by atoms with Gasteiger partial charge in [-0.2, -0.15) is 0 Å². The zero-order valence-electron chi connectivity index (χ0n) is 7.92. The third-order valence-corrected chi connectivity index (χ3v) is 1.80. The van der Waals surface area contributed by atoms with Crippen LogP contribution in [0.2, 0.25) is 0 Å². The first-order valence-corrected chi connectivity index (χ1v) is 4.41. The Morgan fingerprint density at radius 3 is 2.69 bits per heavy atom. The van der Waals surface area contributed by atoms with Gasteiger partial charge in [0.1, 0.15) is 6.23 Å². The van der Waals surface area contributed by atoms with E-state index in [1.165, 1.54) is 0 Å². The summed E-state index contributed by atoms with van der Waals surface area (Å²) in [5.74, 6) is -0.231. The van der Waals surface area contributed by atoms with Crippen molar-refractivity contribution in [3.05, 3.63) is 0 Å². The van der Waals surface area contributed by atoms with E-state index in [1.807, 2.05) is 6.92 Å². The minimum atomic E-state index is -0.417. The maximum Gasteiger partial charge on any atom is 0.205 e. The topological polar surface area (TPSA) is 71.6 Å². The van der Waals surface area contributed by atoms with Crippen molar-refractivity contribution in [3.63, 3.8) is 0 Å². The summed E-state index contributed by atoms with van der Waals surface area (Å²) >= 11 is 5.60. The van der Waals surface area contributed by atoms with Gasteiger partial charge in [0.15, 0.2) is 0 Å². The molecule has 0 bridgehead atoms. The lowest BCUT2D eigenvalue weighted by atomic mass is 10.6. The molecule has 1 unspecified atom stereocenters. The molecule has 0 saturated carbocycles. The van der Waals surface area contributed by atoms with Gasteiger partial charge in [-0.05, 0) is 13.8 Å². The molecule has 1 atom stereocenters. The highest BCUT2D eigenvalue weighted by atomic mass is 35.5. The Morgan fingerprint density at radius 1 is 1.62 bits per heavy atom. The molecular formula is C7H16ClN3O2. The molecule has 0 fully saturated rings. The molecule has 0 aliphatic rings. The molecule has 0 saturated heterocycles. The predicted octanol–water partition coefficient (Wildman–Crippen LogP) is 0.735. The number of hydrogen-bond donors (Lipinski definition) is 2. The van der Waals surface area contributed by atoms with Crippen molar-refractivity contribution in [2.45, 2.75) is 20.1 Å². The van der Waals surface area contributed by atoms with E-state index in [1.54, 1.807) is 6.92 Å². The van der Waals surface area contributed by atoms with Crippen LogP contribution in [0.25, 0.3) is 0 Å². The second-order valence-corrected chi connectivity index (χ2v) is 2.73. The van der Waals surface area contributed by atoms with Gasteiger partial charge in [0.05, 0.1) is 13.2 Å². The van der Waals surface area contributed by atoms with Gasteiger partial charge in [0.2, 0.25) is 5.96 Å². The van der Waals surface area contributed by atoms with Crippen LogP contribution in [0.4, 0.5) is 0 Å². The van der Waals surface area contributed by atoms with Gasteiger partial charge < -0.3 is 15.2 Å². The van der Waals surface area contributed by atoms with E-state index in [4.69, 9.17) is 32.4 Å². The quantitative estimate of drug-likeness (QED) is 0.223. The molecule has 0 aliphatic carbocycles. The smallest absolute Gasteiger partial charge is 0.205 e. The Labute approximate surface area is 83.4 Å². The molecule has 13 heavy (non-hydrogen) atoms. The SMILES string of the molecule is CCOCCOC(C)N(Cl)C(=N)N. The van der Waals surface area contributed by atoms with Crippen LogP contribution < -0.4 is 5.73 Å². The van der Waals surface area contributed by atoms with Crippen LogP contribution in [-0.4, -0.2) is 36.4 Å². The van der Waals surface area contributed by atoms with Gasteiger partial charge in [-0.15, -0.1) is 0 Å². The number of rotatable bonds is 6. The van der Waals surface area contributed by atoms with E-state index in [9.17, 15) is 0 Å². The molecule has 0 heterocycles. The summed E-state index contributed by atoms with van der Waals surface area (Å²) in [7, 11) is 0. The first-order valence-electron chi connectivity index (χ1n) is 4.08. The lowest BCUT2D eigenvalue weighted by Crippen LogP contribution is -2.37. The van der Waals surface area contributed by atoms with Crippen LogP contribution in [0.1, 0.15) is 13.8 Å². The van der Waals surface area contributed by atoms with Gasteiger partial charge in [-0.25, -0.2) is 4.42 Å². The molecule has 0 aromatic heterocycles. The molecule has 0 amide bonds. The van der Waals surface area contributed by atoms with Crippen molar-refractivity contribution in [2.75, 3.05) is 19.8 Å². The van der Waals surface area contributed by atoms with Crippen LogP contribution in [0.3, 0.4) is 0 Å². The lowest BCUT2D eigenvalue weighted by Gasteiger charge is -2.21. The molecule has 0 aliphatic heterocycles. The number of nitrogens with one attached hydrogen (secondary N) is 1. The normalized spacial score (nSPS) is 12.5. The molecule has 78 valence electrons. The Morgan fingerprint density at radius 2 is 2.23 bits per heavy atom. The molecule has 0 spiro atoms. The highest BCUT2D eigenvalue weighted by Crippen LogP contribution is 2.02. The first-order chi connectivity index (χ1) is 6.09. The van der Waals surface area contributed by atoms with E-state index >= 15 is 0 Å². The fraction of sp³-hybridized carbons (Fsp3) is 0.857. The highest BCUT2D eigenvalue weighted by Gasteiger charge is 2.12. The van der Waals surface area contributed by atoms with E-state index in [-0.39, 0.29) is 5.96 Å². The molecule has 0 aromatic rings. The molecular weight excluding hydrogens is 194 g/mol. The minimum Gasteiger partial charge on any atom is -0.379 e. The second-order valence-electron chi connectivity index (χ2n) is 2.36. The first kappa shape index (κ1) is 12.5. The van der Waals surface area contributed by atoms with Crippen molar-refractivity contribution < 1.29 is 9.47 Å². The number of nitrogens with two attached hydrogens (primary N) is 1. The average Bonchev–Trinajstić information content (AvgIpc) is 2.10. The van der Waals surface area contributed by atoms with Gasteiger partial charge in [0, 0.05) is 18.4 Å². The van der Waals surface area contributed by atoms with E-state index < -0.39 is 6.23 Å². The summed E-state index contributed by atoms with van der Waals surface area (Å²) in [6.07, 6.45) is -0.417. The van der Waals surface area contributed by atoms with Gasteiger partial charge >= 0.3 is 0 Å². The molecule has 5 nitrogen and oxygen atoms in total. The summed E-state index contributed by atoms with van der Waals surface area (Å²) in [6.45, 7) is 5.23. The summed E-state index contributed by atoms with van der Waals surface area (Å²) in [5, 5.41) is 7.01. The van der Waals surface area contributed by atoms with Crippen LogP contribution in [0.5, 0.6) is 0 Å². The fourth-order valence-corrected chi connectivity index (χ4v) is 0.740. The van der Waals surface area contributed by atoms with Crippen molar-refractivity contribution in [1.82, 2.24) is 4.42 Å². The lowest BCUT2D eigenvalue weighted by molar-refractivity contribution is -0.0157. The maximum absolute atomic E-state index is 7.01. The predicted molar refractivity (Wildman–Crippen MR) is 51.5 cm³/mol. The monoisotopic (exact) mass is 209 g/mol. The maximum atomic E-state index is 7.01. The molecule has 6 heteroatoms. The van der Waals surface area contributed by atoms with Crippen molar-refractivity contribution in [2.24, 2.45) is 5.73 Å². The Balaban J connectivity index is 3.50. The Kier molecular flexibility index (Phi) is 6.66. The van der Waals surface area contributed by atoms with Crippen LogP contribution >= 0.6 is 11.8 Å². The summed E-state index contributed by atoms with van der Waals surface area (Å²) < 4.78 is 11.3. The van der Waals surface area contributed by atoms with Crippen molar-refractivity contribution in [3.8, 4) is 0 Å².